The summed E-state index contributed by atoms with van der Waals surface area (Å²) in [6.45, 7) is 1.12. The van der Waals surface area contributed by atoms with Crippen LogP contribution in [-0.2, 0) is 9.53 Å². The quantitative estimate of drug-likeness (QED) is 0.628. The molecule has 1 fully saturated rings. The molecule has 160 valence electrons. The van der Waals surface area contributed by atoms with Crippen LogP contribution in [-0.4, -0.2) is 60.5 Å². The summed E-state index contributed by atoms with van der Waals surface area (Å²) < 4.78 is 19.2. The number of amides is 3. The molecular formula is C22H20FN3O4S. The van der Waals surface area contributed by atoms with Gasteiger partial charge in [0.2, 0.25) is 0 Å². The Morgan fingerprint density at radius 1 is 0.968 bits per heavy atom. The van der Waals surface area contributed by atoms with E-state index < -0.39 is 5.97 Å². The van der Waals surface area contributed by atoms with Crippen LogP contribution >= 0.6 is 11.3 Å². The van der Waals surface area contributed by atoms with E-state index in [0.29, 0.717) is 42.1 Å². The van der Waals surface area contributed by atoms with Crippen LogP contribution in [0, 0.1) is 5.82 Å². The number of halogens is 1. The van der Waals surface area contributed by atoms with Crippen molar-refractivity contribution >= 4 is 45.0 Å². The number of esters is 1. The number of thiophene rings is 1. The first-order valence-corrected chi connectivity index (χ1v) is 10.6. The number of ether oxygens (including phenoxy) is 1. The molecule has 0 atom stereocenters. The summed E-state index contributed by atoms with van der Waals surface area (Å²) in [4.78, 5) is 40.5. The number of carbonyl (C=O) groups is 3. The standard InChI is InChI=1S/C22H20FN3O4S/c23-16-6-7-18-15(12-16)13-19(31-18)21(28)30-14-20(27)25-8-10-26(11-9-25)22(29)24-17-4-2-1-3-5-17/h1-7,12-13H,8-11,14H2,(H,24,29). The number of anilines is 1. The minimum atomic E-state index is -0.615. The highest BCUT2D eigenvalue weighted by molar-refractivity contribution is 7.20. The molecule has 9 heteroatoms. The lowest BCUT2D eigenvalue weighted by Crippen LogP contribution is -2.52. The maximum Gasteiger partial charge on any atom is 0.348 e. The highest BCUT2D eigenvalue weighted by Crippen LogP contribution is 2.26. The molecule has 1 aromatic heterocycles. The van der Waals surface area contributed by atoms with Crippen LogP contribution in [0.1, 0.15) is 9.67 Å². The third-order valence-corrected chi connectivity index (χ3v) is 6.05. The molecule has 0 bridgehead atoms. The Morgan fingerprint density at radius 3 is 2.42 bits per heavy atom. The summed E-state index contributed by atoms with van der Waals surface area (Å²) in [5.74, 6) is -1.31. The Kier molecular flexibility index (Phi) is 6.13. The van der Waals surface area contributed by atoms with Gasteiger partial charge >= 0.3 is 12.0 Å². The van der Waals surface area contributed by atoms with Gasteiger partial charge in [0.1, 0.15) is 10.7 Å². The number of para-hydroxylation sites is 1. The SMILES string of the molecule is O=C(OCC(=O)N1CCN(C(=O)Nc2ccccc2)CC1)c1cc2cc(F)ccc2s1. The number of rotatable bonds is 4. The molecule has 2 aromatic carbocycles. The van der Waals surface area contributed by atoms with Crippen molar-refractivity contribution in [3.63, 3.8) is 0 Å². The van der Waals surface area contributed by atoms with Crippen LogP contribution in [0.2, 0.25) is 0 Å². The minimum absolute atomic E-state index is 0.217. The van der Waals surface area contributed by atoms with Gasteiger partial charge in [-0.25, -0.2) is 14.0 Å². The highest BCUT2D eigenvalue weighted by Gasteiger charge is 2.25. The van der Waals surface area contributed by atoms with Crippen molar-refractivity contribution in [2.45, 2.75) is 0 Å². The van der Waals surface area contributed by atoms with E-state index in [4.69, 9.17) is 4.74 Å². The Labute approximate surface area is 182 Å². The molecule has 2 heterocycles. The third kappa shape index (κ3) is 5.00. The first-order chi connectivity index (χ1) is 15.0. The van der Waals surface area contributed by atoms with E-state index in [1.54, 1.807) is 34.1 Å². The molecule has 0 spiro atoms. The van der Waals surface area contributed by atoms with Gasteiger partial charge in [0, 0.05) is 36.6 Å². The maximum atomic E-state index is 13.3. The minimum Gasteiger partial charge on any atom is -0.451 e. The Morgan fingerprint density at radius 2 is 1.68 bits per heavy atom. The van der Waals surface area contributed by atoms with Gasteiger partial charge in [-0.3, -0.25) is 4.79 Å². The molecule has 1 saturated heterocycles. The zero-order chi connectivity index (χ0) is 21.8. The van der Waals surface area contributed by atoms with Crippen LogP contribution < -0.4 is 5.32 Å². The molecule has 31 heavy (non-hydrogen) atoms. The van der Waals surface area contributed by atoms with Gasteiger partial charge in [0.25, 0.3) is 5.91 Å². The van der Waals surface area contributed by atoms with Crippen LogP contribution in [0.3, 0.4) is 0 Å². The van der Waals surface area contributed by atoms with Crippen LogP contribution in [0.25, 0.3) is 10.1 Å². The van der Waals surface area contributed by atoms with E-state index in [1.165, 1.54) is 23.5 Å². The molecule has 3 aromatic rings. The van der Waals surface area contributed by atoms with E-state index in [0.717, 1.165) is 4.70 Å². The zero-order valence-corrected chi connectivity index (χ0v) is 17.4. The molecule has 0 aliphatic carbocycles. The predicted molar refractivity (Wildman–Crippen MR) is 116 cm³/mol. The summed E-state index contributed by atoms with van der Waals surface area (Å²) in [7, 11) is 0. The van der Waals surface area contributed by atoms with Crippen molar-refractivity contribution in [2.24, 2.45) is 0 Å². The molecular weight excluding hydrogens is 421 g/mol. The molecule has 7 nitrogen and oxygen atoms in total. The van der Waals surface area contributed by atoms with E-state index in [1.807, 2.05) is 18.2 Å². The molecule has 0 unspecified atom stereocenters. The first kappa shape index (κ1) is 20.8. The average Bonchev–Trinajstić information content (AvgIpc) is 3.21. The van der Waals surface area contributed by atoms with Gasteiger partial charge in [-0.2, -0.15) is 0 Å². The zero-order valence-electron chi connectivity index (χ0n) is 16.5. The number of hydrogen-bond donors (Lipinski definition) is 1. The smallest absolute Gasteiger partial charge is 0.348 e. The highest BCUT2D eigenvalue weighted by atomic mass is 32.1. The summed E-state index contributed by atoms with van der Waals surface area (Å²) in [5, 5.41) is 3.44. The molecule has 1 N–H and O–H groups in total. The lowest BCUT2D eigenvalue weighted by atomic mass is 10.2. The second kappa shape index (κ2) is 9.13. The predicted octanol–water partition coefficient (Wildman–Crippen LogP) is 3.57. The van der Waals surface area contributed by atoms with Gasteiger partial charge in [-0.15, -0.1) is 11.3 Å². The van der Waals surface area contributed by atoms with Crippen LogP contribution in [0.5, 0.6) is 0 Å². The van der Waals surface area contributed by atoms with E-state index in [9.17, 15) is 18.8 Å². The third-order valence-electron chi connectivity index (χ3n) is 4.95. The number of benzene rings is 2. The molecule has 1 aliphatic heterocycles. The number of carbonyl (C=O) groups excluding carboxylic acids is 3. The Balaban J connectivity index is 1.25. The second-order valence-electron chi connectivity index (χ2n) is 7.03. The summed E-state index contributed by atoms with van der Waals surface area (Å²) in [6, 6.07) is 14.8. The summed E-state index contributed by atoms with van der Waals surface area (Å²) >= 11 is 1.19. The van der Waals surface area contributed by atoms with Crippen molar-refractivity contribution in [1.29, 1.82) is 0 Å². The number of piperazine rings is 1. The monoisotopic (exact) mass is 441 g/mol. The van der Waals surface area contributed by atoms with Gasteiger partial charge in [-0.05, 0) is 41.8 Å². The van der Waals surface area contributed by atoms with E-state index in [-0.39, 0.29) is 24.4 Å². The second-order valence-corrected chi connectivity index (χ2v) is 8.12. The normalized spacial score (nSPS) is 13.8. The van der Waals surface area contributed by atoms with Crippen molar-refractivity contribution < 1.29 is 23.5 Å². The topological polar surface area (TPSA) is 79.0 Å². The summed E-state index contributed by atoms with van der Waals surface area (Å²) in [6.07, 6.45) is 0. The Hall–Kier alpha value is -3.46. The molecule has 4 rings (SSSR count). The van der Waals surface area contributed by atoms with Crippen LogP contribution in [0.4, 0.5) is 14.9 Å². The molecule has 0 saturated carbocycles. The Bertz CT molecular complexity index is 1110. The summed E-state index contributed by atoms with van der Waals surface area (Å²) in [5.41, 5.74) is 0.710. The van der Waals surface area contributed by atoms with Crippen molar-refractivity contribution in [1.82, 2.24) is 9.80 Å². The number of hydrogen-bond acceptors (Lipinski definition) is 5. The lowest BCUT2D eigenvalue weighted by molar-refractivity contribution is -0.135. The van der Waals surface area contributed by atoms with Crippen LogP contribution in [0.15, 0.2) is 54.6 Å². The van der Waals surface area contributed by atoms with Gasteiger partial charge < -0.3 is 19.9 Å². The number of urea groups is 1. The van der Waals surface area contributed by atoms with Crippen molar-refractivity contribution in [3.8, 4) is 0 Å². The van der Waals surface area contributed by atoms with Gasteiger partial charge in [0.15, 0.2) is 6.61 Å². The largest absolute Gasteiger partial charge is 0.451 e. The number of nitrogens with one attached hydrogen (secondary N) is 1. The lowest BCUT2D eigenvalue weighted by Gasteiger charge is -2.34. The molecule has 3 amide bonds. The fraction of sp³-hybridized carbons (Fsp3) is 0.227. The van der Waals surface area contributed by atoms with E-state index >= 15 is 0 Å². The number of fused-ring (bicyclic) bond motifs is 1. The van der Waals surface area contributed by atoms with Crippen molar-refractivity contribution in [2.75, 3.05) is 38.1 Å². The van der Waals surface area contributed by atoms with Gasteiger partial charge in [-0.1, -0.05) is 18.2 Å². The first-order valence-electron chi connectivity index (χ1n) is 9.74. The number of nitrogens with zero attached hydrogens (tertiary/aromatic N) is 2. The fourth-order valence-corrected chi connectivity index (χ4v) is 4.22. The average molecular weight is 441 g/mol. The van der Waals surface area contributed by atoms with Gasteiger partial charge in [0.05, 0.1) is 0 Å². The molecule has 1 aliphatic rings. The van der Waals surface area contributed by atoms with Crippen molar-refractivity contribution in [3.05, 3.63) is 65.3 Å². The molecule has 0 radical (unpaired) electrons. The van der Waals surface area contributed by atoms with E-state index in [2.05, 4.69) is 5.32 Å². The maximum absolute atomic E-state index is 13.3. The fourth-order valence-electron chi connectivity index (χ4n) is 3.29.